The molecule has 12 heavy (non-hydrogen) atoms. The van der Waals surface area contributed by atoms with Gasteiger partial charge in [-0.2, -0.15) is 0 Å². The van der Waals surface area contributed by atoms with Crippen molar-refractivity contribution in [2.45, 2.75) is 33.7 Å². The molecular formula is C8H14N2O2. The van der Waals surface area contributed by atoms with Crippen LogP contribution in [0.5, 0.6) is 0 Å². The molecule has 1 heterocycles. The van der Waals surface area contributed by atoms with Crippen LogP contribution in [0.25, 0.3) is 0 Å². The second-order valence-corrected chi connectivity index (χ2v) is 3.21. The first-order chi connectivity index (χ1) is 5.65. The normalized spacial score (nSPS) is 11.0. The van der Waals surface area contributed by atoms with E-state index in [1.54, 1.807) is 4.57 Å². The van der Waals surface area contributed by atoms with Crippen molar-refractivity contribution in [3.8, 4) is 0 Å². The molecular weight excluding hydrogens is 156 g/mol. The summed E-state index contributed by atoms with van der Waals surface area (Å²) in [5.41, 5.74) is 0. The van der Waals surface area contributed by atoms with Crippen LogP contribution < -0.4 is 5.76 Å². The molecule has 0 saturated carbocycles. The lowest BCUT2D eigenvalue weighted by molar-refractivity contribution is 0.372. The summed E-state index contributed by atoms with van der Waals surface area (Å²) in [5, 5.41) is 3.70. The molecule has 0 amide bonds. The van der Waals surface area contributed by atoms with Gasteiger partial charge in [0.05, 0.1) is 0 Å². The maximum absolute atomic E-state index is 11.0. The summed E-state index contributed by atoms with van der Waals surface area (Å²) in [6.45, 7) is 6.70. The summed E-state index contributed by atoms with van der Waals surface area (Å²) >= 11 is 0. The lowest BCUT2D eigenvalue weighted by atomic mass is 10.1. The highest BCUT2D eigenvalue weighted by atomic mass is 16.5. The molecule has 0 unspecified atom stereocenters. The number of hydrogen-bond acceptors (Lipinski definition) is 3. The van der Waals surface area contributed by atoms with Crippen molar-refractivity contribution in [3.05, 3.63) is 16.4 Å². The summed E-state index contributed by atoms with van der Waals surface area (Å²) in [5.74, 6) is 0.887. The Morgan fingerprint density at radius 1 is 1.58 bits per heavy atom. The van der Waals surface area contributed by atoms with Gasteiger partial charge >= 0.3 is 5.76 Å². The van der Waals surface area contributed by atoms with Crippen LogP contribution in [0.1, 0.15) is 26.6 Å². The highest BCUT2D eigenvalue weighted by Crippen LogP contribution is 2.02. The minimum Gasteiger partial charge on any atom is -0.296 e. The van der Waals surface area contributed by atoms with Gasteiger partial charge in [0.25, 0.3) is 0 Å². The van der Waals surface area contributed by atoms with Crippen LogP contribution in [-0.4, -0.2) is 9.72 Å². The minimum atomic E-state index is -0.354. The number of aromatic nitrogens is 2. The monoisotopic (exact) mass is 170 g/mol. The molecule has 4 nitrogen and oxygen atoms in total. The standard InChI is InChI=1S/C8H14N2O2/c1-4-10-7(5-6(2)3)9-12-8(10)11/h6H,4-5H2,1-3H3. The van der Waals surface area contributed by atoms with E-state index >= 15 is 0 Å². The van der Waals surface area contributed by atoms with E-state index in [0.717, 1.165) is 12.2 Å². The summed E-state index contributed by atoms with van der Waals surface area (Å²) in [7, 11) is 0. The van der Waals surface area contributed by atoms with Crippen molar-refractivity contribution >= 4 is 0 Å². The average molecular weight is 170 g/mol. The topological polar surface area (TPSA) is 48.0 Å². The molecule has 0 fully saturated rings. The molecule has 0 radical (unpaired) electrons. The van der Waals surface area contributed by atoms with E-state index in [1.165, 1.54) is 0 Å². The van der Waals surface area contributed by atoms with Crippen LogP contribution in [0.2, 0.25) is 0 Å². The van der Waals surface area contributed by atoms with Gasteiger partial charge in [0.1, 0.15) is 0 Å². The molecule has 0 N–H and O–H groups in total. The van der Waals surface area contributed by atoms with Crippen LogP contribution in [0.4, 0.5) is 0 Å². The quantitative estimate of drug-likeness (QED) is 0.681. The fraction of sp³-hybridized carbons (Fsp3) is 0.750. The fourth-order valence-electron chi connectivity index (χ4n) is 1.12. The SMILES string of the molecule is CCn1c(CC(C)C)noc1=O. The van der Waals surface area contributed by atoms with E-state index in [-0.39, 0.29) is 5.76 Å². The third kappa shape index (κ3) is 1.75. The van der Waals surface area contributed by atoms with Crippen LogP contribution >= 0.6 is 0 Å². The third-order valence-corrected chi connectivity index (χ3v) is 1.67. The van der Waals surface area contributed by atoms with Crippen molar-refractivity contribution in [3.63, 3.8) is 0 Å². The molecule has 1 rings (SSSR count). The molecule has 0 atom stereocenters. The molecule has 1 aromatic heterocycles. The van der Waals surface area contributed by atoms with Crippen molar-refractivity contribution < 1.29 is 4.52 Å². The van der Waals surface area contributed by atoms with E-state index in [9.17, 15) is 4.79 Å². The highest BCUT2D eigenvalue weighted by Gasteiger charge is 2.09. The molecule has 0 spiro atoms. The Labute approximate surface area is 71.2 Å². The number of hydrogen-bond donors (Lipinski definition) is 0. The summed E-state index contributed by atoms with van der Waals surface area (Å²) in [4.78, 5) is 11.0. The molecule has 1 aromatic rings. The number of rotatable bonds is 3. The molecule has 0 aliphatic rings. The molecule has 68 valence electrons. The zero-order valence-electron chi connectivity index (χ0n) is 7.70. The molecule has 0 aliphatic heterocycles. The Bertz CT molecular complexity index is 298. The van der Waals surface area contributed by atoms with Crippen LogP contribution in [0, 0.1) is 5.92 Å². The van der Waals surface area contributed by atoms with Crippen molar-refractivity contribution in [2.24, 2.45) is 5.92 Å². The van der Waals surface area contributed by atoms with E-state index in [4.69, 9.17) is 0 Å². The lowest BCUT2D eigenvalue weighted by Gasteiger charge is -2.02. The predicted molar refractivity (Wildman–Crippen MR) is 45.0 cm³/mol. The van der Waals surface area contributed by atoms with Crippen LogP contribution in [0.15, 0.2) is 9.32 Å². The molecule has 0 saturated heterocycles. The van der Waals surface area contributed by atoms with Gasteiger partial charge in [-0.3, -0.25) is 9.09 Å². The first-order valence-corrected chi connectivity index (χ1v) is 4.20. The Morgan fingerprint density at radius 2 is 2.25 bits per heavy atom. The second-order valence-electron chi connectivity index (χ2n) is 3.21. The fourth-order valence-corrected chi connectivity index (χ4v) is 1.12. The van der Waals surface area contributed by atoms with Gasteiger partial charge in [0.2, 0.25) is 0 Å². The number of nitrogens with zero attached hydrogens (tertiary/aromatic N) is 2. The van der Waals surface area contributed by atoms with E-state index in [0.29, 0.717) is 12.5 Å². The van der Waals surface area contributed by atoms with Crippen LogP contribution in [0.3, 0.4) is 0 Å². The van der Waals surface area contributed by atoms with Crippen LogP contribution in [-0.2, 0) is 13.0 Å². The van der Waals surface area contributed by atoms with Crippen molar-refractivity contribution in [1.29, 1.82) is 0 Å². The van der Waals surface area contributed by atoms with Gasteiger partial charge in [-0.15, -0.1) is 0 Å². The van der Waals surface area contributed by atoms with Gasteiger partial charge in [0, 0.05) is 13.0 Å². The minimum absolute atomic E-state index is 0.354. The van der Waals surface area contributed by atoms with Gasteiger partial charge in [-0.1, -0.05) is 19.0 Å². The predicted octanol–water partition coefficient (Wildman–Crippen LogP) is 1.05. The molecule has 4 heteroatoms. The van der Waals surface area contributed by atoms with Gasteiger partial charge in [0.15, 0.2) is 5.82 Å². The Morgan fingerprint density at radius 3 is 2.75 bits per heavy atom. The van der Waals surface area contributed by atoms with Gasteiger partial charge in [-0.05, 0) is 12.8 Å². The zero-order valence-corrected chi connectivity index (χ0v) is 7.70. The van der Waals surface area contributed by atoms with Crippen molar-refractivity contribution in [2.75, 3.05) is 0 Å². The Kier molecular flexibility index (Phi) is 2.68. The Hall–Kier alpha value is -1.06. The first kappa shape index (κ1) is 9.03. The second kappa shape index (κ2) is 3.56. The van der Waals surface area contributed by atoms with Gasteiger partial charge < -0.3 is 0 Å². The first-order valence-electron chi connectivity index (χ1n) is 4.20. The average Bonchev–Trinajstić information content (AvgIpc) is 2.30. The maximum atomic E-state index is 11.0. The van der Waals surface area contributed by atoms with Gasteiger partial charge in [-0.25, -0.2) is 4.79 Å². The van der Waals surface area contributed by atoms with E-state index in [2.05, 4.69) is 23.5 Å². The summed E-state index contributed by atoms with van der Waals surface area (Å²) in [6.07, 6.45) is 0.791. The molecule has 0 aliphatic carbocycles. The summed E-state index contributed by atoms with van der Waals surface area (Å²) in [6, 6.07) is 0. The third-order valence-electron chi connectivity index (χ3n) is 1.67. The summed E-state index contributed by atoms with van der Waals surface area (Å²) < 4.78 is 6.10. The van der Waals surface area contributed by atoms with E-state index in [1.807, 2.05) is 6.92 Å². The van der Waals surface area contributed by atoms with Crippen molar-refractivity contribution in [1.82, 2.24) is 9.72 Å². The highest BCUT2D eigenvalue weighted by molar-refractivity contribution is 4.84. The molecule has 0 bridgehead atoms. The largest absolute Gasteiger partial charge is 0.441 e. The van der Waals surface area contributed by atoms with E-state index < -0.39 is 0 Å². The molecule has 0 aromatic carbocycles. The Balaban J connectivity index is 2.92. The smallest absolute Gasteiger partial charge is 0.296 e. The maximum Gasteiger partial charge on any atom is 0.441 e. The zero-order chi connectivity index (χ0) is 9.14. The lowest BCUT2D eigenvalue weighted by Crippen LogP contribution is -2.16.